The van der Waals surface area contributed by atoms with E-state index in [1.165, 1.54) is 6.07 Å². The molecule has 0 amide bonds. The van der Waals surface area contributed by atoms with Gasteiger partial charge in [0.05, 0.1) is 11.6 Å². The molecular formula is C16H11ClN6O. The highest BCUT2D eigenvalue weighted by atomic mass is 35.5. The SMILES string of the molecule is Cc1cc(-c2cc3c(=O)cc[nH]c3nc2-c2cn[nH]n2)cc(Cl)n1. The van der Waals surface area contributed by atoms with Crippen molar-refractivity contribution in [3.63, 3.8) is 0 Å². The summed E-state index contributed by atoms with van der Waals surface area (Å²) >= 11 is 6.09. The van der Waals surface area contributed by atoms with Crippen LogP contribution in [0.4, 0.5) is 0 Å². The number of nitrogens with zero attached hydrogens (tertiary/aromatic N) is 4. The third-order valence-corrected chi connectivity index (χ3v) is 3.83. The van der Waals surface area contributed by atoms with Gasteiger partial charge < -0.3 is 4.98 Å². The Bertz CT molecular complexity index is 1080. The molecule has 0 atom stereocenters. The van der Waals surface area contributed by atoms with Gasteiger partial charge in [0.15, 0.2) is 5.43 Å². The second-order valence-electron chi connectivity index (χ2n) is 5.30. The fourth-order valence-electron chi connectivity index (χ4n) is 2.61. The molecule has 8 heteroatoms. The van der Waals surface area contributed by atoms with Gasteiger partial charge in [0, 0.05) is 23.5 Å². The Morgan fingerprint density at radius 1 is 1.17 bits per heavy atom. The van der Waals surface area contributed by atoms with Crippen LogP contribution in [0.2, 0.25) is 5.15 Å². The van der Waals surface area contributed by atoms with E-state index in [2.05, 4.69) is 30.4 Å². The lowest BCUT2D eigenvalue weighted by Crippen LogP contribution is -2.03. The third-order valence-electron chi connectivity index (χ3n) is 3.63. The maximum absolute atomic E-state index is 12.2. The molecule has 4 aromatic heterocycles. The number of hydrogen-bond donors (Lipinski definition) is 2. The zero-order chi connectivity index (χ0) is 16.7. The van der Waals surface area contributed by atoms with Crippen molar-refractivity contribution in [2.75, 3.05) is 0 Å². The monoisotopic (exact) mass is 338 g/mol. The maximum Gasteiger partial charge on any atom is 0.191 e. The molecule has 4 rings (SSSR count). The molecule has 0 saturated heterocycles. The number of pyridine rings is 3. The van der Waals surface area contributed by atoms with E-state index >= 15 is 0 Å². The van der Waals surface area contributed by atoms with Gasteiger partial charge >= 0.3 is 0 Å². The standard InChI is InChI=1S/C16H11ClN6O/c1-8-4-9(5-14(17)20-8)10-6-11-13(24)2-3-18-16(11)21-15(10)12-7-19-23-22-12/h2-7H,1H3,(H,18,21,24)(H,19,22,23). The second-order valence-corrected chi connectivity index (χ2v) is 5.69. The number of aromatic amines is 2. The van der Waals surface area contributed by atoms with Gasteiger partial charge in [0.1, 0.15) is 22.2 Å². The van der Waals surface area contributed by atoms with Crippen LogP contribution in [-0.2, 0) is 0 Å². The first kappa shape index (κ1) is 14.5. The highest BCUT2D eigenvalue weighted by Gasteiger charge is 2.15. The lowest BCUT2D eigenvalue weighted by molar-refractivity contribution is 0.941. The number of aromatic nitrogens is 6. The van der Waals surface area contributed by atoms with Crippen LogP contribution in [0.25, 0.3) is 33.5 Å². The van der Waals surface area contributed by atoms with E-state index in [1.807, 2.05) is 13.0 Å². The zero-order valence-corrected chi connectivity index (χ0v) is 13.3. The number of H-pyrrole nitrogens is 2. The molecule has 7 nitrogen and oxygen atoms in total. The Morgan fingerprint density at radius 3 is 2.79 bits per heavy atom. The predicted octanol–water partition coefficient (Wildman–Crippen LogP) is 2.73. The van der Waals surface area contributed by atoms with Gasteiger partial charge in [-0.05, 0) is 30.7 Å². The third kappa shape index (κ3) is 2.44. The minimum absolute atomic E-state index is 0.110. The van der Waals surface area contributed by atoms with Crippen molar-refractivity contribution in [1.82, 2.24) is 30.4 Å². The van der Waals surface area contributed by atoms with Crippen LogP contribution < -0.4 is 5.43 Å². The zero-order valence-electron chi connectivity index (χ0n) is 12.5. The molecular weight excluding hydrogens is 328 g/mol. The lowest BCUT2D eigenvalue weighted by atomic mass is 10.0. The molecule has 0 bridgehead atoms. The van der Waals surface area contributed by atoms with E-state index in [-0.39, 0.29) is 5.43 Å². The van der Waals surface area contributed by atoms with Gasteiger partial charge in [-0.15, -0.1) is 0 Å². The van der Waals surface area contributed by atoms with Crippen molar-refractivity contribution < 1.29 is 0 Å². The van der Waals surface area contributed by atoms with Crippen LogP contribution in [0.15, 0.2) is 41.5 Å². The molecule has 118 valence electrons. The lowest BCUT2D eigenvalue weighted by Gasteiger charge is -2.10. The molecule has 0 fully saturated rings. The van der Waals surface area contributed by atoms with Crippen LogP contribution in [0.1, 0.15) is 5.69 Å². The van der Waals surface area contributed by atoms with Gasteiger partial charge in [0.25, 0.3) is 0 Å². The number of aryl methyl sites for hydroxylation is 1. The molecule has 0 spiro atoms. The number of hydrogen-bond acceptors (Lipinski definition) is 5. The Hall–Kier alpha value is -3.06. The fourth-order valence-corrected chi connectivity index (χ4v) is 2.86. The molecule has 0 aliphatic heterocycles. The summed E-state index contributed by atoms with van der Waals surface area (Å²) in [6, 6.07) is 6.87. The van der Waals surface area contributed by atoms with Gasteiger partial charge in [0.2, 0.25) is 0 Å². The van der Waals surface area contributed by atoms with Crippen molar-refractivity contribution in [2.24, 2.45) is 0 Å². The molecule has 0 unspecified atom stereocenters. The van der Waals surface area contributed by atoms with E-state index in [9.17, 15) is 4.79 Å². The summed E-state index contributed by atoms with van der Waals surface area (Å²) in [4.78, 5) is 23.9. The highest BCUT2D eigenvalue weighted by Crippen LogP contribution is 2.32. The molecule has 0 radical (unpaired) electrons. The maximum atomic E-state index is 12.2. The number of halogens is 1. The molecule has 4 aromatic rings. The summed E-state index contributed by atoms with van der Waals surface area (Å²) in [6.07, 6.45) is 3.14. The molecule has 0 aromatic carbocycles. The summed E-state index contributed by atoms with van der Waals surface area (Å²) in [5, 5.41) is 11.4. The summed E-state index contributed by atoms with van der Waals surface area (Å²) in [6.45, 7) is 1.85. The summed E-state index contributed by atoms with van der Waals surface area (Å²) < 4.78 is 0. The van der Waals surface area contributed by atoms with Crippen molar-refractivity contribution in [3.8, 4) is 22.5 Å². The highest BCUT2D eigenvalue weighted by molar-refractivity contribution is 6.29. The molecule has 2 N–H and O–H groups in total. The molecule has 0 saturated carbocycles. The molecule has 0 aliphatic rings. The first-order valence-corrected chi connectivity index (χ1v) is 7.53. The summed E-state index contributed by atoms with van der Waals surface area (Å²) in [5.74, 6) is 0. The van der Waals surface area contributed by atoms with Crippen LogP contribution in [-0.4, -0.2) is 30.4 Å². The number of rotatable bonds is 2. The van der Waals surface area contributed by atoms with E-state index in [0.717, 1.165) is 16.8 Å². The Balaban J connectivity index is 2.10. The fraction of sp³-hybridized carbons (Fsp3) is 0.0625. The minimum Gasteiger partial charge on any atom is -0.346 e. The largest absolute Gasteiger partial charge is 0.346 e. The van der Waals surface area contributed by atoms with Gasteiger partial charge in [-0.3, -0.25) is 4.79 Å². The van der Waals surface area contributed by atoms with Crippen LogP contribution >= 0.6 is 11.6 Å². The Kier molecular flexibility index (Phi) is 3.35. The van der Waals surface area contributed by atoms with Gasteiger partial charge in [-0.2, -0.15) is 15.4 Å². The summed E-state index contributed by atoms with van der Waals surface area (Å²) in [5.41, 5.74) is 3.86. The van der Waals surface area contributed by atoms with Crippen LogP contribution in [0.3, 0.4) is 0 Å². The van der Waals surface area contributed by atoms with Crippen LogP contribution in [0.5, 0.6) is 0 Å². The first-order chi connectivity index (χ1) is 11.6. The normalized spacial score (nSPS) is 11.1. The molecule has 4 heterocycles. The first-order valence-electron chi connectivity index (χ1n) is 7.15. The topological polar surface area (TPSA) is 100 Å². The van der Waals surface area contributed by atoms with Gasteiger partial charge in [-0.25, -0.2) is 9.97 Å². The van der Waals surface area contributed by atoms with Crippen molar-refractivity contribution >= 4 is 22.6 Å². The number of nitrogens with one attached hydrogen (secondary N) is 2. The quantitative estimate of drug-likeness (QED) is 0.547. The van der Waals surface area contributed by atoms with Crippen molar-refractivity contribution in [2.45, 2.75) is 6.92 Å². The minimum atomic E-state index is -0.110. The van der Waals surface area contributed by atoms with E-state index in [4.69, 9.17) is 11.6 Å². The van der Waals surface area contributed by atoms with E-state index in [0.29, 0.717) is 27.6 Å². The Morgan fingerprint density at radius 2 is 2.04 bits per heavy atom. The average Bonchev–Trinajstić information content (AvgIpc) is 3.07. The van der Waals surface area contributed by atoms with Crippen molar-refractivity contribution in [1.29, 1.82) is 0 Å². The summed E-state index contributed by atoms with van der Waals surface area (Å²) in [7, 11) is 0. The average molecular weight is 339 g/mol. The second kappa shape index (κ2) is 5.54. The van der Waals surface area contributed by atoms with Crippen LogP contribution in [0, 0.1) is 6.92 Å². The number of fused-ring (bicyclic) bond motifs is 1. The predicted molar refractivity (Wildman–Crippen MR) is 90.7 cm³/mol. The van der Waals surface area contributed by atoms with E-state index in [1.54, 1.807) is 24.5 Å². The molecule has 24 heavy (non-hydrogen) atoms. The Labute approximate surface area is 140 Å². The van der Waals surface area contributed by atoms with Crippen molar-refractivity contribution in [3.05, 3.63) is 57.7 Å². The smallest absolute Gasteiger partial charge is 0.191 e. The van der Waals surface area contributed by atoms with Gasteiger partial charge in [-0.1, -0.05) is 11.6 Å². The molecule has 0 aliphatic carbocycles. The van der Waals surface area contributed by atoms with E-state index < -0.39 is 0 Å².